The molecular weight excluding hydrogens is 208 g/mol. The fraction of sp³-hybridized carbons (Fsp3) is 0.800. The average molecular weight is 226 g/mol. The van der Waals surface area contributed by atoms with Gasteiger partial charge in [-0.25, -0.2) is 0 Å². The predicted molar refractivity (Wildman–Crippen MR) is 60.1 cm³/mol. The zero-order valence-corrected chi connectivity index (χ0v) is 9.72. The molecule has 1 unspecified atom stereocenters. The lowest BCUT2D eigenvalue weighted by Gasteiger charge is -2.26. The molecular formula is C10H18N4O2. The van der Waals surface area contributed by atoms with Gasteiger partial charge in [-0.2, -0.15) is 0 Å². The second-order valence-corrected chi connectivity index (χ2v) is 4.19. The molecule has 0 aromatic carbocycles. The molecule has 0 bridgehead atoms. The third kappa shape index (κ3) is 2.44. The first-order valence-electron chi connectivity index (χ1n) is 5.57. The van der Waals surface area contributed by atoms with Gasteiger partial charge in [0.2, 0.25) is 0 Å². The zero-order chi connectivity index (χ0) is 11.5. The molecule has 1 atom stereocenters. The van der Waals surface area contributed by atoms with E-state index in [-0.39, 0.29) is 6.01 Å². The molecule has 1 aliphatic rings. The maximum atomic E-state index is 5.44. The Labute approximate surface area is 94.8 Å². The number of rotatable bonds is 6. The van der Waals surface area contributed by atoms with Crippen molar-refractivity contribution in [2.75, 3.05) is 30.9 Å². The van der Waals surface area contributed by atoms with Crippen molar-refractivity contribution >= 4 is 12.0 Å². The summed E-state index contributed by atoms with van der Waals surface area (Å²) < 4.78 is 10.4. The van der Waals surface area contributed by atoms with Crippen LogP contribution in [0.5, 0.6) is 0 Å². The van der Waals surface area contributed by atoms with Gasteiger partial charge in [0, 0.05) is 19.7 Å². The largest absolute Gasteiger partial charge is 0.390 e. The number of nitrogens with two attached hydrogens (primary N) is 1. The molecule has 1 fully saturated rings. The molecule has 0 saturated heterocycles. The van der Waals surface area contributed by atoms with Gasteiger partial charge >= 0.3 is 12.0 Å². The first-order chi connectivity index (χ1) is 7.72. The fourth-order valence-corrected chi connectivity index (χ4v) is 1.84. The summed E-state index contributed by atoms with van der Waals surface area (Å²) in [7, 11) is 1.68. The summed E-state index contributed by atoms with van der Waals surface area (Å²) in [6.07, 6.45) is 2.54. The summed E-state index contributed by atoms with van der Waals surface area (Å²) in [6, 6.07) is 1.00. The highest BCUT2D eigenvalue weighted by Crippen LogP contribution is 2.36. The summed E-state index contributed by atoms with van der Waals surface area (Å²) in [5.74, 6) is 0.727. The van der Waals surface area contributed by atoms with Crippen LogP contribution >= 0.6 is 0 Å². The van der Waals surface area contributed by atoms with Crippen LogP contribution in [0, 0.1) is 5.92 Å². The highest BCUT2D eigenvalue weighted by Gasteiger charge is 2.33. The smallest absolute Gasteiger partial charge is 0.319 e. The van der Waals surface area contributed by atoms with Crippen molar-refractivity contribution in [3.05, 3.63) is 0 Å². The standard InChI is InChI=1S/C10H18N4O2/c1-7(8-3-4-8)14(5-6-15-2)10-13-12-9(11)16-10/h7-8H,3-6H2,1-2H3,(H2,11,12). The molecule has 1 aliphatic carbocycles. The Balaban J connectivity index is 2.06. The van der Waals surface area contributed by atoms with Gasteiger partial charge in [0.1, 0.15) is 0 Å². The van der Waals surface area contributed by atoms with Gasteiger partial charge in [-0.15, -0.1) is 0 Å². The fourth-order valence-electron chi connectivity index (χ4n) is 1.84. The van der Waals surface area contributed by atoms with Crippen LogP contribution in [0.1, 0.15) is 19.8 Å². The van der Waals surface area contributed by atoms with Crippen LogP contribution in [-0.4, -0.2) is 36.5 Å². The lowest BCUT2D eigenvalue weighted by molar-refractivity contribution is 0.201. The minimum atomic E-state index is 0.111. The summed E-state index contributed by atoms with van der Waals surface area (Å²) >= 11 is 0. The summed E-state index contributed by atoms with van der Waals surface area (Å²) in [5.41, 5.74) is 5.44. The van der Waals surface area contributed by atoms with E-state index in [1.807, 2.05) is 0 Å². The number of methoxy groups -OCH3 is 1. The van der Waals surface area contributed by atoms with Gasteiger partial charge in [-0.3, -0.25) is 0 Å². The van der Waals surface area contributed by atoms with E-state index in [1.165, 1.54) is 12.8 Å². The number of nitrogens with zero attached hydrogens (tertiary/aromatic N) is 3. The van der Waals surface area contributed by atoms with Gasteiger partial charge in [-0.1, -0.05) is 10.2 Å². The number of aromatic nitrogens is 2. The first-order valence-corrected chi connectivity index (χ1v) is 5.57. The maximum Gasteiger partial charge on any atom is 0.319 e. The molecule has 6 nitrogen and oxygen atoms in total. The Morgan fingerprint density at radius 1 is 1.56 bits per heavy atom. The van der Waals surface area contributed by atoms with E-state index in [0.717, 1.165) is 12.5 Å². The number of nitrogen functional groups attached to an aromatic ring is 1. The van der Waals surface area contributed by atoms with E-state index in [2.05, 4.69) is 22.0 Å². The molecule has 16 heavy (non-hydrogen) atoms. The Bertz CT molecular complexity index is 337. The Morgan fingerprint density at radius 2 is 2.31 bits per heavy atom. The monoisotopic (exact) mass is 226 g/mol. The third-order valence-corrected chi connectivity index (χ3v) is 3.01. The highest BCUT2D eigenvalue weighted by molar-refractivity contribution is 5.30. The van der Waals surface area contributed by atoms with Gasteiger partial charge < -0.3 is 19.8 Å². The Kier molecular flexibility index (Phi) is 3.28. The van der Waals surface area contributed by atoms with E-state index >= 15 is 0 Å². The first kappa shape index (κ1) is 11.2. The van der Waals surface area contributed by atoms with Crippen molar-refractivity contribution < 1.29 is 9.15 Å². The molecule has 6 heteroatoms. The van der Waals surface area contributed by atoms with Gasteiger partial charge in [0.05, 0.1) is 6.61 Å². The van der Waals surface area contributed by atoms with E-state index in [4.69, 9.17) is 14.9 Å². The van der Waals surface area contributed by atoms with Crippen molar-refractivity contribution in [3.8, 4) is 0 Å². The molecule has 1 saturated carbocycles. The zero-order valence-electron chi connectivity index (χ0n) is 9.72. The van der Waals surface area contributed by atoms with Gasteiger partial charge in [0.25, 0.3) is 0 Å². The lowest BCUT2D eigenvalue weighted by atomic mass is 10.2. The lowest BCUT2D eigenvalue weighted by Crippen LogP contribution is -2.37. The molecule has 2 rings (SSSR count). The molecule has 0 aliphatic heterocycles. The maximum absolute atomic E-state index is 5.44. The number of hydrogen-bond acceptors (Lipinski definition) is 6. The normalized spacial score (nSPS) is 17.4. The molecule has 2 N–H and O–H groups in total. The van der Waals surface area contributed by atoms with Crippen LogP contribution in [0.25, 0.3) is 0 Å². The number of anilines is 2. The van der Waals surface area contributed by atoms with Crippen LogP contribution in [0.15, 0.2) is 4.42 Å². The number of ether oxygens (including phenoxy) is 1. The van der Waals surface area contributed by atoms with E-state index in [9.17, 15) is 0 Å². The second kappa shape index (κ2) is 4.69. The molecule has 0 spiro atoms. The minimum absolute atomic E-state index is 0.111. The molecule has 90 valence electrons. The molecule has 0 amide bonds. The molecule has 1 heterocycles. The Hall–Kier alpha value is -1.30. The van der Waals surface area contributed by atoms with E-state index in [1.54, 1.807) is 7.11 Å². The van der Waals surface area contributed by atoms with Crippen LogP contribution in [0.4, 0.5) is 12.0 Å². The van der Waals surface area contributed by atoms with Crippen molar-refractivity contribution in [2.24, 2.45) is 5.92 Å². The predicted octanol–water partition coefficient (Wildman–Crippen LogP) is 0.903. The van der Waals surface area contributed by atoms with Gasteiger partial charge in [-0.05, 0) is 25.7 Å². The summed E-state index contributed by atoms with van der Waals surface area (Å²) in [5, 5.41) is 7.62. The summed E-state index contributed by atoms with van der Waals surface area (Å²) in [4.78, 5) is 2.07. The Morgan fingerprint density at radius 3 is 2.81 bits per heavy atom. The van der Waals surface area contributed by atoms with Gasteiger partial charge in [0.15, 0.2) is 0 Å². The van der Waals surface area contributed by atoms with E-state index < -0.39 is 0 Å². The van der Waals surface area contributed by atoms with Crippen LogP contribution in [0.3, 0.4) is 0 Å². The third-order valence-electron chi connectivity index (χ3n) is 3.01. The average Bonchev–Trinajstić information content (AvgIpc) is 3.03. The van der Waals surface area contributed by atoms with Crippen molar-refractivity contribution in [3.63, 3.8) is 0 Å². The van der Waals surface area contributed by atoms with Crippen LogP contribution < -0.4 is 10.6 Å². The second-order valence-electron chi connectivity index (χ2n) is 4.19. The van der Waals surface area contributed by atoms with Crippen molar-refractivity contribution in [1.29, 1.82) is 0 Å². The van der Waals surface area contributed by atoms with Crippen molar-refractivity contribution in [1.82, 2.24) is 10.2 Å². The summed E-state index contributed by atoms with van der Waals surface area (Å²) in [6.45, 7) is 3.56. The number of hydrogen-bond donors (Lipinski definition) is 1. The SMILES string of the molecule is COCCN(c1nnc(N)o1)C(C)C1CC1. The quantitative estimate of drug-likeness (QED) is 0.776. The van der Waals surface area contributed by atoms with Crippen LogP contribution in [-0.2, 0) is 4.74 Å². The topological polar surface area (TPSA) is 77.4 Å². The minimum Gasteiger partial charge on any atom is -0.390 e. The molecule has 1 aromatic rings. The van der Waals surface area contributed by atoms with E-state index in [0.29, 0.717) is 18.7 Å². The van der Waals surface area contributed by atoms with Crippen LogP contribution in [0.2, 0.25) is 0 Å². The van der Waals surface area contributed by atoms with Crippen molar-refractivity contribution in [2.45, 2.75) is 25.8 Å². The highest BCUT2D eigenvalue weighted by atomic mass is 16.5. The molecule has 0 radical (unpaired) electrons. The molecule has 1 aromatic heterocycles.